The third-order valence-electron chi connectivity index (χ3n) is 10.5. The minimum Gasteiger partial charge on any atom is -0.482 e. The molecule has 3 fully saturated rings. The number of nitrogens with zero attached hydrogens (tertiary/aromatic N) is 4. The Morgan fingerprint density at radius 3 is 2.48 bits per heavy atom. The number of amides is 1. The van der Waals surface area contributed by atoms with Gasteiger partial charge in [-0.2, -0.15) is 5.10 Å². The molecule has 1 spiro atoms. The normalized spacial score (nSPS) is 22.6. The van der Waals surface area contributed by atoms with Crippen LogP contribution < -0.4 is 11.1 Å². The fraction of sp³-hybridized carbons (Fsp3) is 0.576. The number of carbonyl (C=O) groups excluding carboxylic acids is 1. The van der Waals surface area contributed by atoms with Crippen molar-refractivity contribution >= 4 is 34.7 Å². The first-order chi connectivity index (χ1) is 21.1. The molecular formula is C33H43Cl2FN6O2. The Hall–Kier alpha value is -2.75. The van der Waals surface area contributed by atoms with E-state index in [1.165, 1.54) is 50.7 Å². The van der Waals surface area contributed by atoms with E-state index >= 15 is 0 Å². The molecule has 2 aromatic rings. The topological polar surface area (TPSA) is 88.7 Å². The Labute approximate surface area is 269 Å². The molecule has 3 N–H and O–H groups in total. The predicted molar refractivity (Wildman–Crippen MR) is 171 cm³/mol. The van der Waals surface area contributed by atoms with Gasteiger partial charge in [-0.3, -0.25) is 9.48 Å². The second-order valence-corrected chi connectivity index (χ2v) is 13.8. The SMILES string of the molecule is CC(=O)N1CCC2(CCC(N3CCC(n4cc(C5=CC(O[C@H](C)c6c(Cl)ccc(F)c6Cl)=C(N)NC5)cn4)CC3)CC2)CC1. The molecule has 1 aromatic carbocycles. The lowest BCUT2D eigenvalue weighted by Gasteiger charge is -2.48. The highest BCUT2D eigenvalue weighted by Crippen LogP contribution is 2.46. The Bertz CT molecular complexity index is 1430. The van der Waals surface area contributed by atoms with Crippen LogP contribution in [-0.2, 0) is 9.53 Å². The highest BCUT2D eigenvalue weighted by atomic mass is 35.5. The maximum absolute atomic E-state index is 14.1. The average Bonchev–Trinajstić information content (AvgIpc) is 3.52. The fourth-order valence-corrected chi connectivity index (χ4v) is 8.29. The van der Waals surface area contributed by atoms with E-state index in [0.29, 0.717) is 46.2 Å². The van der Waals surface area contributed by atoms with Crippen LogP contribution in [0.25, 0.3) is 5.57 Å². The van der Waals surface area contributed by atoms with Gasteiger partial charge in [-0.25, -0.2) is 4.39 Å². The van der Waals surface area contributed by atoms with Crippen LogP contribution in [0.5, 0.6) is 0 Å². The van der Waals surface area contributed by atoms with E-state index in [0.717, 1.165) is 50.2 Å². The van der Waals surface area contributed by atoms with Gasteiger partial charge in [0.15, 0.2) is 5.76 Å². The molecule has 11 heteroatoms. The summed E-state index contributed by atoms with van der Waals surface area (Å²) in [7, 11) is 0. The van der Waals surface area contributed by atoms with Crippen LogP contribution in [0, 0.1) is 11.2 Å². The van der Waals surface area contributed by atoms with Crippen molar-refractivity contribution in [3.8, 4) is 0 Å². The number of allylic oxidation sites excluding steroid dienone is 1. The summed E-state index contributed by atoms with van der Waals surface area (Å²) in [6, 6.07) is 3.76. The second-order valence-electron chi connectivity index (χ2n) is 13.0. The number of nitrogens with two attached hydrogens (primary N) is 1. The Morgan fingerprint density at radius 2 is 1.80 bits per heavy atom. The van der Waals surface area contributed by atoms with Gasteiger partial charge in [0.25, 0.3) is 0 Å². The summed E-state index contributed by atoms with van der Waals surface area (Å²) in [6.07, 6.45) is 15.0. The van der Waals surface area contributed by atoms with Gasteiger partial charge in [-0.05, 0) is 87.5 Å². The van der Waals surface area contributed by atoms with E-state index in [1.54, 1.807) is 13.8 Å². The lowest BCUT2D eigenvalue weighted by Crippen LogP contribution is -2.48. The zero-order valence-corrected chi connectivity index (χ0v) is 27.1. The first-order valence-corrected chi connectivity index (χ1v) is 16.7. The molecule has 238 valence electrons. The zero-order chi connectivity index (χ0) is 31.0. The summed E-state index contributed by atoms with van der Waals surface area (Å²) in [4.78, 5) is 16.5. The van der Waals surface area contributed by atoms with E-state index in [4.69, 9.17) is 38.8 Å². The fourth-order valence-electron chi connectivity index (χ4n) is 7.61. The summed E-state index contributed by atoms with van der Waals surface area (Å²) < 4.78 is 22.3. The number of benzene rings is 1. The zero-order valence-electron chi connectivity index (χ0n) is 25.6. The van der Waals surface area contributed by atoms with Crippen LogP contribution in [-0.4, -0.2) is 64.3 Å². The maximum atomic E-state index is 14.1. The molecule has 1 atom stereocenters. The van der Waals surface area contributed by atoms with Crippen LogP contribution in [0.1, 0.15) is 88.5 Å². The molecule has 0 unspecified atom stereocenters. The maximum Gasteiger partial charge on any atom is 0.219 e. The van der Waals surface area contributed by atoms with Gasteiger partial charge in [0, 0.05) is 68.0 Å². The number of aromatic nitrogens is 2. The van der Waals surface area contributed by atoms with Crippen LogP contribution in [0.3, 0.4) is 0 Å². The van der Waals surface area contributed by atoms with Crippen molar-refractivity contribution in [1.82, 2.24) is 24.9 Å². The second kappa shape index (κ2) is 12.9. The molecule has 8 nitrogen and oxygen atoms in total. The summed E-state index contributed by atoms with van der Waals surface area (Å²) in [6.45, 7) is 8.07. The number of halogens is 3. The molecule has 1 amide bonds. The smallest absolute Gasteiger partial charge is 0.219 e. The van der Waals surface area contributed by atoms with Crippen molar-refractivity contribution < 1.29 is 13.9 Å². The summed E-state index contributed by atoms with van der Waals surface area (Å²) in [5, 5.41) is 8.23. The summed E-state index contributed by atoms with van der Waals surface area (Å²) >= 11 is 12.5. The van der Waals surface area contributed by atoms with Gasteiger partial charge in [0.2, 0.25) is 5.91 Å². The molecular weight excluding hydrogens is 602 g/mol. The highest BCUT2D eigenvalue weighted by molar-refractivity contribution is 6.36. The standard InChI is InChI=1S/C33H43Cl2FN6O2/c1-21(30-27(34)3-4-28(36)31(30)35)44-29-17-23(18-38-32(29)37)24-19-39-42(20-24)26-7-13-41(14-8-26)25-5-9-33(10-6-25)11-15-40(16-12-33)22(2)43/h3-4,17,19-21,25-26,38H,5-16,18,37H2,1-2H3/t21-/m1/s1. The number of hydrogen-bond donors (Lipinski definition) is 2. The number of rotatable bonds is 6. The molecule has 44 heavy (non-hydrogen) atoms. The molecule has 0 bridgehead atoms. The molecule has 3 aliphatic heterocycles. The molecule has 1 saturated carbocycles. The number of likely N-dealkylation sites (tertiary alicyclic amines) is 2. The lowest BCUT2D eigenvalue weighted by molar-refractivity contribution is -0.131. The Kier molecular flexibility index (Phi) is 9.18. The van der Waals surface area contributed by atoms with Crippen molar-refractivity contribution in [3.05, 3.63) is 69.2 Å². The lowest BCUT2D eigenvalue weighted by atomic mass is 9.66. The molecule has 1 aliphatic carbocycles. The van der Waals surface area contributed by atoms with Crippen molar-refractivity contribution in [1.29, 1.82) is 0 Å². The first-order valence-electron chi connectivity index (χ1n) is 15.9. The third-order valence-corrected chi connectivity index (χ3v) is 11.2. The van der Waals surface area contributed by atoms with Gasteiger partial charge >= 0.3 is 0 Å². The number of ether oxygens (including phenoxy) is 1. The monoisotopic (exact) mass is 644 g/mol. The van der Waals surface area contributed by atoms with Gasteiger partial charge in [0.05, 0.1) is 17.3 Å². The molecule has 2 saturated heterocycles. The number of dihydropyridines is 1. The Morgan fingerprint density at radius 1 is 1.09 bits per heavy atom. The van der Waals surface area contributed by atoms with E-state index in [9.17, 15) is 9.18 Å². The van der Waals surface area contributed by atoms with E-state index < -0.39 is 11.9 Å². The molecule has 4 heterocycles. The van der Waals surface area contributed by atoms with Crippen molar-refractivity contribution in [2.75, 3.05) is 32.7 Å². The van der Waals surface area contributed by atoms with Crippen LogP contribution in [0.2, 0.25) is 10.0 Å². The molecule has 1 aromatic heterocycles. The summed E-state index contributed by atoms with van der Waals surface area (Å²) in [5.41, 5.74) is 9.08. The molecule has 6 rings (SSSR count). The molecule has 0 radical (unpaired) electrons. The van der Waals surface area contributed by atoms with Gasteiger partial charge in [0.1, 0.15) is 17.7 Å². The quantitative estimate of drug-likeness (QED) is 0.352. The molecule has 4 aliphatic rings. The van der Waals surface area contributed by atoms with Gasteiger partial charge in [-0.1, -0.05) is 23.2 Å². The minimum absolute atomic E-state index is 0.0525. The van der Waals surface area contributed by atoms with Crippen LogP contribution in [0.4, 0.5) is 4.39 Å². The summed E-state index contributed by atoms with van der Waals surface area (Å²) in [5.74, 6) is 0.528. The van der Waals surface area contributed by atoms with E-state index in [1.807, 2.05) is 17.2 Å². The number of nitrogens with one attached hydrogen (secondary N) is 1. The van der Waals surface area contributed by atoms with Gasteiger partial charge in [-0.15, -0.1) is 0 Å². The Balaban J connectivity index is 1.03. The van der Waals surface area contributed by atoms with Crippen molar-refractivity contribution in [2.45, 2.75) is 83.4 Å². The number of hydrogen-bond acceptors (Lipinski definition) is 6. The number of piperidine rings is 2. The van der Waals surface area contributed by atoms with E-state index in [-0.39, 0.29) is 10.9 Å². The first kappa shape index (κ1) is 31.2. The predicted octanol–water partition coefficient (Wildman–Crippen LogP) is 6.43. The van der Waals surface area contributed by atoms with Crippen molar-refractivity contribution in [3.63, 3.8) is 0 Å². The van der Waals surface area contributed by atoms with Crippen LogP contribution in [0.15, 0.2) is 42.2 Å². The highest BCUT2D eigenvalue weighted by Gasteiger charge is 2.40. The van der Waals surface area contributed by atoms with Crippen LogP contribution >= 0.6 is 23.2 Å². The minimum atomic E-state index is -0.612. The number of carbonyl (C=O) groups is 1. The van der Waals surface area contributed by atoms with Crippen molar-refractivity contribution in [2.24, 2.45) is 11.1 Å². The van der Waals surface area contributed by atoms with Gasteiger partial charge < -0.3 is 25.6 Å². The van der Waals surface area contributed by atoms with E-state index in [2.05, 4.69) is 21.1 Å². The average molecular weight is 646 g/mol. The largest absolute Gasteiger partial charge is 0.482 e. The third kappa shape index (κ3) is 6.46.